The van der Waals surface area contributed by atoms with Crippen LogP contribution in [0.1, 0.15) is 28.3 Å². The number of fused-ring (bicyclic) bond motifs is 1. The van der Waals surface area contributed by atoms with Gasteiger partial charge in [0.05, 0.1) is 5.69 Å². The average Bonchev–Trinajstić information content (AvgIpc) is 3.36. The zero-order chi connectivity index (χ0) is 21.8. The van der Waals surface area contributed by atoms with E-state index >= 15 is 0 Å². The molecule has 0 fully saturated rings. The van der Waals surface area contributed by atoms with Crippen LogP contribution in [0.3, 0.4) is 0 Å². The van der Waals surface area contributed by atoms with Gasteiger partial charge in [-0.3, -0.25) is 4.79 Å². The number of hydrogen-bond donors (Lipinski definition) is 3. The van der Waals surface area contributed by atoms with Gasteiger partial charge in [-0.2, -0.15) is 16.8 Å². The minimum absolute atomic E-state index is 0.000854. The van der Waals surface area contributed by atoms with Gasteiger partial charge >= 0.3 is 0 Å². The van der Waals surface area contributed by atoms with Gasteiger partial charge in [-0.1, -0.05) is 6.07 Å². The molecule has 0 aliphatic carbocycles. The minimum atomic E-state index is -0.105. The van der Waals surface area contributed by atoms with Crippen LogP contribution in [0.5, 0.6) is 11.5 Å². The Bertz CT molecular complexity index is 1170. The second-order valence-electron chi connectivity index (χ2n) is 6.90. The lowest BCUT2D eigenvalue weighted by atomic mass is 10.0. The Morgan fingerprint density at radius 1 is 1.29 bits per heavy atom. The molecule has 162 valence electrons. The molecule has 0 radical (unpaired) electrons. The van der Waals surface area contributed by atoms with E-state index in [1.54, 1.807) is 11.8 Å². The topological polar surface area (TPSA) is 141 Å². The van der Waals surface area contributed by atoms with Crippen LogP contribution >= 0.6 is 23.1 Å². The number of thiazole rings is 1. The van der Waals surface area contributed by atoms with Gasteiger partial charge in [0, 0.05) is 41.0 Å². The molecule has 5 N–H and O–H groups in total. The fourth-order valence-electron chi connectivity index (χ4n) is 3.12. The van der Waals surface area contributed by atoms with E-state index in [4.69, 9.17) is 20.9 Å². The van der Waals surface area contributed by atoms with Crippen molar-refractivity contribution in [3.05, 3.63) is 62.3 Å². The number of H-pyrrole nitrogens is 1. The molecule has 0 saturated heterocycles. The summed E-state index contributed by atoms with van der Waals surface area (Å²) in [7, 11) is 0. The van der Waals surface area contributed by atoms with Crippen LogP contribution in [-0.2, 0) is 18.6 Å². The SMILES string of the molecule is Cc1nc(CCSCc2csc(N=C(N)N)n2)[nH]c(=O)c1Cc1ccc2c(c1)OCO2. The number of hydrogen-bond acceptors (Lipinski definition) is 8. The van der Waals surface area contributed by atoms with Gasteiger partial charge in [0.2, 0.25) is 11.9 Å². The van der Waals surface area contributed by atoms with E-state index in [9.17, 15) is 4.79 Å². The highest BCUT2D eigenvalue weighted by Crippen LogP contribution is 2.33. The summed E-state index contributed by atoms with van der Waals surface area (Å²) < 4.78 is 10.7. The smallest absolute Gasteiger partial charge is 0.254 e. The van der Waals surface area contributed by atoms with Gasteiger partial charge < -0.3 is 25.9 Å². The van der Waals surface area contributed by atoms with Crippen LogP contribution in [0.25, 0.3) is 0 Å². The molecule has 3 aromatic rings. The Balaban J connectivity index is 1.33. The van der Waals surface area contributed by atoms with E-state index in [1.807, 2.05) is 30.5 Å². The highest BCUT2D eigenvalue weighted by atomic mass is 32.2. The van der Waals surface area contributed by atoms with E-state index < -0.39 is 0 Å². The number of aryl methyl sites for hydroxylation is 2. The molecular weight excluding hydrogens is 436 g/mol. The van der Waals surface area contributed by atoms with Crippen LogP contribution < -0.4 is 26.5 Å². The van der Waals surface area contributed by atoms with Crippen molar-refractivity contribution in [1.29, 1.82) is 0 Å². The maximum atomic E-state index is 12.6. The first kappa shape index (κ1) is 21.2. The Labute approximate surface area is 186 Å². The Morgan fingerprint density at radius 2 is 2.13 bits per heavy atom. The number of benzene rings is 1. The highest BCUT2D eigenvalue weighted by Gasteiger charge is 2.15. The molecule has 4 rings (SSSR count). The zero-order valence-electron chi connectivity index (χ0n) is 16.9. The van der Waals surface area contributed by atoms with E-state index in [2.05, 4.69) is 19.9 Å². The number of nitrogens with one attached hydrogen (secondary N) is 1. The molecule has 0 unspecified atom stereocenters. The van der Waals surface area contributed by atoms with Gasteiger partial charge in [0.25, 0.3) is 5.56 Å². The first-order valence-electron chi connectivity index (χ1n) is 9.57. The number of nitrogens with two attached hydrogens (primary N) is 2. The first-order chi connectivity index (χ1) is 15.0. The van der Waals surface area contributed by atoms with E-state index in [0.717, 1.165) is 34.2 Å². The molecule has 0 saturated carbocycles. The number of aromatic nitrogens is 3. The predicted molar refractivity (Wildman–Crippen MR) is 122 cm³/mol. The second kappa shape index (κ2) is 9.40. The Morgan fingerprint density at radius 3 is 2.94 bits per heavy atom. The zero-order valence-corrected chi connectivity index (χ0v) is 18.5. The summed E-state index contributed by atoms with van der Waals surface area (Å²) in [6.45, 7) is 2.10. The maximum absolute atomic E-state index is 12.6. The van der Waals surface area contributed by atoms with Gasteiger partial charge in [0.1, 0.15) is 5.82 Å². The van der Waals surface area contributed by atoms with Crippen molar-refractivity contribution in [1.82, 2.24) is 15.0 Å². The Kier molecular flexibility index (Phi) is 6.42. The summed E-state index contributed by atoms with van der Waals surface area (Å²) in [6, 6.07) is 5.71. The van der Waals surface area contributed by atoms with Gasteiger partial charge in [-0.25, -0.2) is 9.97 Å². The lowest BCUT2D eigenvalue weighted by Crippen LogP contribution is -2.21. The monoisotopic (exact) mass is 458 g/mol. The van der Waals surface area contributed by atoms with E-state index in [-0.39, 0.29) is 18.3 Å². The van der Waals surface area contributed by atoms with E-state index in [1.165, 1.54) is 11.3 Å². The molecule has 9 nitrogen and oxygen atoms in total. The lowest BCUT2D eigenvalue weighted by Gasteiger charge is -2.08. The Hall–Kier alpha value is -3.05. The largest absolute Gasteiger partial charge is 0.454 e. The van der Waals surface area contributed by atoms with Crippen LogP contribution in [0, 0.1) is 6.92 Å². The molecule has 1 aromatic carbocycles. The van der Waals surface area contributed by atoms with Gasteiger partial charge in [0.15, 0.2) is 17.5 Å². The quantitative estimate of drug-likeness (QED) is 0.265. The number of guanidine groups is 1. The number of aromatic amines is 1. The fourth-order valence-corrected chi connectivity index (χ4v) is 4.77. The molecule has 3 heterocycles. The number of aliphatic imine (C=N–C) groups is 1. The number of nitrogens with zero attached hydrogens (tertiary/aromatic N) is 3. The van der Waals surface area contributed by atoms with Gasteiger partial charge in [-0.05, 0) is 24.6 Å². The van der Waals surface area contributed by atoms with Crippen LogP contribution in [-0.4, -0.2) is 33.5 Å². The second-order valence-corrected chi connectivity index (χ2v) is 8.84. The van der Waals surface area contributed by atoms with Crippen molar-refractivity contribution in [2.24, 2.45) is 16.5 Å². The first-order valence-corrected chi connectivity index (χ1v) is 11.6. The summed E-state index contributed by atoms with van der Waals surface area (Å²) >= 11 is 3.11. The van der Waals surface area contributed by atoms with E-state index in [0.29, 0.717) is 35.1 Å². The van der Waals surface area contributed by atoms with Gasteiger partial charge in [-0.15, -0.1) is 11.3 Å². The highest BCUT2D eigenvalue weighted by molar-refractivity contribution is 7.98. The van der Waals surface area contributed by atoms with Crippen LogP contribution in [0.4, 0.5) is 5.13 Å². The average molecular weight is 459 g/mol. The summed E-state index contributed by atoms with van der Waals surface area (Å²) in [5.74, 6) is 3.66. The van der Waals surface area contributed by atoms with Crippen LogP contribution in [0.15, 0.2) is 33.4 Å². The van der Waals surface area contributed by atoms with Crippen molar-refractivity contribution < 1.29 is 9.47 Å². The summed E-state index contributed by atoms with van der Waals surface area (Å²) in [5, 5.41) is 2.49. The third kappa shape index (κ3) is 5.36. The number of ether oxygens (including phenoxy) is 2. The van der Waals surface area contributed by atoms with Crippen molar-refractivity contribution in [3.8, 4) is 11.5 Å². The third-order valence-electron chi connectivity index (χ3n) is 4.59. The predicted octanol–water partition coefficient (Wildman–Crippen LogP) is 2.24. The summed E-state index contributed by atoms with van der Waals surface area (Å²) in [4.78, 5) is 28.5. The molecule has 1 aliphatic heterocycles. The number of thioether (sulfide) groups is 1. The molecule has 2 aromatic heterocycles. The standard InChI is InChI=1S/C20H22N6O3S2/c1-11-14(6-12-2-3-15-16(7-12)29-10-28-15)18(27)25-17(23-11)4-5-30-8-13-9-31-20(24-13)26-19(21)22/h2-3,7,9H,4-6,8,10H2,1H3,(H,23,25,27)(H4,21,22,24,26). The fraction of sp³-hybridized carbons (Fsp3) is 0.300. The normalized spacial score (nSPS) is 12.2. The summed E-state index contributed by atoms with van der Waals surface area (Å²) in [6.07, 6.45) is 1.15. The third-order valence-corrected chi connectivity index (χ3v) is 6.36. The molecule has 0 atom stereocenters. The molecule has 0 amide bonds. The molecule has 31 heavy (non-hydrogen) atoms. The maximum Gasteiger partial charge on any atom is 0.254 e. The van der Waals surface area contributed by atoms with Crippen molar-refractivity contribution >= 4 is 34.2 Å². The van der Waals surface area contributed by atoms with Crippen molar-refractivity contribution in [2.45, 2.75) is 25.5 Å². The van der Waals surface area contributed by atoms with Crippen LogP contribution in [0.2, 0.25) is 0 Å². The molecule has 11 heteroatoms. The molecule has 1 aliphatic rings. The summed E-state index contributed by atoms with van der Waals surface area (Å²) in [5.41, 5.74) is 13.9. The minimum Gasteiger partial charge on any atom is -0.454 e. The number of rotatable bonds is 8. The van der Waals surface area contributed by atoms with Crippen molar-refractivity contribution in [2.75, 3.05) is 12.5 Å². The lowest BCUT2D eigenvalue weighted by molar-refractivity contribution is 0.174. The van der Waals surface area contributed by atoms with Crippen molar-refractivity contribution in [3.63, 3.8) is 0 Å². The molecule has 0 spiro atoms. The molecular formula is C20H22N6O3S2. The molecule has 0 bridgehead atoms.